The summed E-state index contributed by atoms with van der Waals surface area (Å²) in [5, 5.41) is 11.7. The van der Waals surface area contributed by atoms with Crippen molar-refractivity contribution in [1.29, 1.82) is 0 Å². The first-order valence-electron chi connectivity index (χ1n) is 14.3. The van der Waals surface area contributed by atoms with E-state index in [0.717, 1.165) is 56.1 Å². The average Bonchev–Trinajstić information content (AvgIpc) is 3.68. The van der Waals surface area contributed by atoms with E-state index < -0.39 is 21.6 Å². The highest BCUT2D eigenvalue weighted by Gasteiger charge is 2.39. The van der Waals surface area contributed by atoms with Crippen LogP contribution in [-0.2, 0) is 29.9 Å². The van der Waals surface area contributed by atoms with Crippen LogP contribution < -0.4 is 10.3 Å². The maximum atomic E-state index is 13.7. The van der Waals surface area contributed by atoms with Crippen LogP contribution in [0.4, 0.5) is 5.69 Å². The molecule has 1 fully saturated rings. The molecule has 2 heterocycles. The summed E-state index contributed by atoms with van der Waals surface area (Å²) in [5.41, 5.74) is 2.85. The third kappa shape index (κ3) is 5.81. The topological polar surface area (TPSA) is 114 Å². The van der Waals surface area contributed by atoms with Gasteiger partial charge in [0.25, 0.3) is 10.0 Å². The Bertz CT molecular complexity index is 1710. The van der Waals surface area contributed by atoms with E-state index >= 15 is 0 Å². The molecule has 0 amide bonds. The summed E-state index contributed by atoms with van der Waals surface area (Å²) in [6, 6.07) is 17.3. The maximum Gasteiger partial charge on any atom is 0.343 e. The lowest BCUT2D eigenvalue weighted by Crippen LogP contribution is -2.21. The van der Waals surface area contributed by atoms with E-state index in [1.54, 1.807) is 29.8 Å². The summed E-state index contributed by atoms with van der Waals surface area (Å²) >= 11 is 0. The second-order valence-corrected chi connectivity index (χ2v) is 13.0. The number of hydrogen-bond donors (Lipinski definition) is 2. The van der Waals surface area contributed by atoms with Gasteiger partial charge in [0.1, 0.15) is 11.5 Å². The molecule has 2 atom stereocenters. The van der Waals surface area contributed by atoms with Crippen molar-refractivity contribution in [2.24, 2.45) is 13.0 Å². The highest BCUT2D eigenvalue weighted by molar-refractivity contribution is 7.92. The van der Waals surface area contributed by atoms with Gasteiger partial charge in [-0.15, -0.1) is 0 Å². The largest absolute Gasteiger partial charge is 0.507 e. The molecule has 214 valence electrons. The van der Waals surface area contributed by atoms with Gasteiger partial charge in [0.05, 0.1) is 11.9 Å². The van der Waals surface area contributed by atoms with Crippen molar-refractivity contribution in [3.05, 3.63) is 106 Å². The van der Waals surface area contributed by atoms with Crippen molar-refractivity contribution in [2.75, 3.05) is 4.72 Å². The van der Waals surface area contributed by atoms with Crippen LogP contribution in [0.3, 0.4) is 0 Å². The molecule has 41 heavy (non-hydrogen) atoms. The van der Waals surface area contributed by atoms with Gasteiger partial charge in [-0.05, 0) is 67.7 Å². The molecule has 8 nitrogen and oxygen atoms in total. The Labute approximate surface area is 240 Å². The van der Waals surface area contributed by atoms with Crippen LogP contribution in [0.2, 0.25) is 0 Å². The van der Waals surface area contributed by atoms with E-state index in [1.807, 2.05) is 24.3 Å². The quantitative estimate of drug-likeness (QED) is 0.273. The molecular weight excluding hydrogens is 538 g/mol. The van der Waals surface area contributed by atoms with Crippen molar-refractivity contribution in [3.8, 4) is 5.75 Å². The number of sulfonamides is 1. The number of fused-ring (bicyclic) bond motifs is 1. The van der Waals surface area contributed by atoms with Gasteiger partial charge in [-0.25, -0.2) is 9.78 Å². The number of rotatable bonds is 8. The molecule has 6 rings (SSSR count). The monoisotopic (exact) mass is 573 g/mol. The first-order chi connectivity index (χ1) is 19.8. The van der Waals surface area contributed by atoms with E-state index in [0.29, 0.717) is 17.9 Å². The molecule has 0 unspecified atom stereocenters. The predicted octanol–water partition coefficient (Wildman–Crippen LogP) is 5.86. The molecule has 9 heteroatoms. The van der Waals surface area contributed by atoms with Crippen LogP contribution in [0.5, 0.6) is 5.75 Å². The summed E-state index contributed by atoms with van der Waals surface area (Å²) in [6.45, 7) is 0. The average molecular weight is 574 g/mol. The van der Waals surface area contributed by atoms with Crippen LogP contribution in [0.25, 0.3) is 0 Å². The van der Waals surface area contributed by atoms with E-state index in [2.05, 4.69) is 21.8 Å². The summed E-state index contributed by atoms with van der Waals surface area (Å²) in [7, 11) is -2.18. The number of hydrogen-bond acceptors (Lipinski definition) is 6. The minimum absolute atomic E-state index is 0.0176. The Morgan fingerprint density at radius 2 is 1.88 bits per heavy atom. The van der Waals surface area contributed by atoms with Gasteiger partial charge in [-0.1, -0.05) is 55.3 Å². The lowest BCUT2D eigenvalue weighted by atomic mass is 9.82. The van der Waals surface area contributed by atoms with Crippen molar-refractivity contribution < 1.29 is 17.9 Å². The highest BCUT2D eigenvalue weighted by Crippen LogP contribution is 2.49. The third-order valence-corrected chi connectivity index (χ3v) is 9.56. The number of aromatic hydroxyl groups is 1. The van der Waals surface area contributed by atoms with E-state index in [1.165, 1.54) is 18.1 Å². The summed E-state index contributed by atoms with van der Waals surface area (Å²) < 4.78 is 36.1. The van der Waals surface area contributed by atoms with Crippen molar-refractivity contribution in [2.45, 2.75) is 68.2 Å². The van der Waals surface area contributed by atoms with Crippen molar-refractivity contribution >= 4 is 15.7 Å². The van der Waals surface area contributed by atoms with Gasteiger partial charge in [0.15, 0.2) is 5.03 Å². The molecule has 2 aromatic carbocycles. The Balaban J connectivity index is 1.38. The van der Waals surface area contributed by atoms with Crippen LogP contribution in [0, 0.1) is 5.92 Å². The smallest absolute Gasteiger partial charge is 0.343 e. The molecule has 2 aliphatic carbocycles. The number of imidazole rings is 1. The molecule has 1 saturated carbocycles. The normalized spacial score (nSPS) is 18.2. The van der Waals surface area contributed by atoms with Crippen molar-refractivity contribution in [1.82, 2.24) is 9.55 Å². The third-order valence-electron chi connectivity index (χ3n) is 8.29. The maximum absolute atomic E-state index is 13.7. The first-order valence-corrected chi connectivity index (χ1v) is 15.8. The van der Waals surface area contributed by atoms with Gasteiger partial charge in [0.2, 0.25) is 0 Å². The van der Waals surface area contributed by atoms with Crippen LogP contribution in [0.15, 0.2) is 81.4 Å². The number of aromatic nitrogens is 2. The zero-order valence-corrected chi connectivity index (χ0v) is 23.9. The predicted molar refractivity (Wildman–Crippen MR) is 157 cm³/mol. The minimum Gasteiger partial charge on any atom is -0.507 e. The van der Waals surface area contributed by atoms with Gasteiger partial charge < -0.3 is 14.1 Å². The molecule has 0 saturated heterocycles. The first kappa shape index (κ1) is 27.3. The van der Waals surface area contributed by atoms with Gasteiger partial charge in [0, 0.05) is 36.3 Å². The van der Waals surface area contributed by atoms with Crippen LogP contribution in [0.1, 0.15) is 78.4 Å². The number of benzene rings is 2. The Kier molecular flexibility index (Phi) is 7.46. The molecular formula is C32H35N3O5S. The van der Waals surface area contributed by atoms with Gasteiger partial charge in [-0.3, -0.25) is 4.72 Å². The fourth-order valence-electron chi connectivity index (χ4n) is 6.17. The van der Waals surface area contributed by atoms with E-state index in [9.17, 15) is 18.3 Å². The highest BCUT2D eigenvalue weighted by atomic mass is 32.2. The summed E-state index contributed by atoms with van der Waals surface area (Å²) in [4.78, 5) is 17.7. The van der Waals surface area contributed by atoms with Crippen LogP contribution >= 0.6 is 0 Å². The Hall–Kier alpha value is -3.85. The lowest BCUT2D eigenvalue weighted by molar-refractivity contribution is 0.353. The number of aryl methyl sites for hydroxylation is 1. The molecule has 0 aliphatic heterocycles. The molecule has 0 spiro atoms. The van der Waals surface area contributed by atoms with E-state index in [-0.39, 0.29) is 28.2 Å². The Morgan fingerprint density at radius 3 is 2.61 bits per heavy atom. The molecule has 0 bridgehead atoms. The lowest BCUT2D eigenvalue weighted by Gasteiger charge is -2.25. The van der Waals surface area contributed by atoms with Gasteiger partial charge >= 0.3 is 5.63 Å². The summed E-state index contributed by atoms with van der Waals surface area (Å²) in [5.74, 6) is 0.454. The van der Waals surface area contributed by atoms with E-state index in [4.69, 9.17) is 4.42 Å². The summed E-state index contributed by atoms with van der Waals surface area (Å²) in [6.07, 6.45) is 10.0. The number of nitrogens with zero attached hydrogens (tertiary/aromatic N) is 2. The second kappa shape index (κ2) is 11.2. The number of nitrogens with one attached hydrogen (secondary N) is 1. The molecule has 0 radical (unpaired) electrons. The van der Waals surface area contributed by atoms with Gasteiger partial charge in [-0.2, -0.15) is 8.42 Å². The fourth-order valence-corrected chi connectivity index (χ4v) is 7.20. The van der Waals surface area contributed by atoms with Crippen LogP contribution in [-0.4, -0.2) is 23.1 Å². The Morgan fingerprint density at radius 1 is 1.07 bits per heavy atom. The molecule has 2 aliphatic rings. The SMILES string of the molecule is Cn1cnc(S(=O)(=O)Nc2cccc([C@H](c3c(O)c4c(oc3=O)[C@@H](Cc3ccccc3)CCCCC4)C3CC3)c2)c1. The molecule has 2 N–H and O–H groups in total. The fraction of sp³-hybridized carbons (Fsp3) is 0.375. The standard InChI is InChI=1S/C32H35N3O5S/c1-35-19-27(33-20-35)41(38,39)34-25-13-8-12-23(18-25)28(22-15-16-22)29-30(36)26-14-7-3-6-11-24(31(26)40-32(29)37)17-21-9-4-2-5-10-21/h2,4-5,8-10,12-13,18-20,22,24,28,34,36H,3,6-7,11,14-17H2,1H3/t24-,28-/m1/s1. The minimum atomic E-state index is -3.88. The molecule has 4 aromatic rings. The number of anilines is 1. The second-order valence-electron chi connectivity index (χ2n) is 11.4. The molecule has 2 aromatic heterocycles. The zero-order chi connectivity index (χ0) is 28.6. The zero-order valence-electron chi connectivity index (χ0n) is 23.1. The van der Waals surface area contributed by atoms with Crippen molar-refractivity contribution in [3.63, 3.8) is 0 Å².